The van der Waals surface area contributed by atoms with E-state index in [0.717, 1.165) is 29.5 Å². The molecule has 3 atom stereocenters. The minimum Gasteiger partial charge on any atom is -0.465 e. The molecule has 3 heterocycles. The molecule has 2 fully saturated rings. The highest BCUT2D eigenvalue weighted by molar-refractivity contribution is 6.34. The van der Waals surface area contributed by atoms with Gasteiger partial charge in [0.25, 0.3) is 5.91 Å². The third-order valence-corrected chi connectivity index (χ3v) is 7.02. The van der Waals surface area contributed by atoms with Gasteiger partial charge >= 0.3 is 6.09 Å². The van der Waals surface area contributed by atoms with E-state index in [1.54, 1.807) is 10.9 Å². The molecule has 3 aromatic rings. The summed E-state index contributed by atoms with van der Waals surface area (Å²) in [6.07, 6.45) is 3.76. The summed E-state index contributed by atoms with van der Waals surface area (Å²) in [5.41, 5.74) is 2.74. The van der Waals surface area contributed by atoms with Crippen LogP contribution in [0.2, 0.25) is 5.02 Å². The lowest BCUT2D eigenvalue weighted by molar-refractivity contribution is 0.101. The van der Waals surface area contributed by atoms with Crippen LogP contribution in [0, 0.1) is 30.6 Å². The number of halogens is 1. The molecule has 2 aromatic heterocycles. The summed E-state index contributed by atoms with van der Waals surface area (Å²) in [5.74, 6) is 6.78. The van der Waals surface area contributed by atoms with Gasteiger partial charge in [0, 0.05) is 30.4 Å². The molecule has 178 valence electrons. The second-order valence-electron chi connectivity index (χ2n) is 9.08. The molecule has 9 heteroatoms. The number of carboxylic acid groups (broad SMARTS) is 1. The molecule has 1 saturated carbocycles. The van der Waals surface area contributed by atoms with Crippen molar-refractivity contribution in [1.29, 1.82) is 0 Å². The number of amides is 2. The summed E-state index contributed by atoms with van der Waals surface area (Å²) < 4.78 is 1.69. The number of nitrogens with zero attached hydrogens (tertiary/aromatic N) is 4. The Balaban J connectivity index is 1.30. The standard InChI is InChI=1S/C26H24ClN5O3/c1-16-9-18(8-7-17-5-3-2-4-6-17)12-28-24(16)30-25(33)23-22(27)13-29-32(23)21-10-19-14-31(26(34)35)15-20(19)11-21/h2-6,9,12-13,19-21H,10-11,14-15H2,1H3,(H,34,35)(H,28,30,33)/t19-,20+,21+. The lowest BCUT2D eigenvalue weighted by Crippen LogP contribution is -2.28. The number of carbonyl (C=O) groups is 2. The van der Waals surface area contributed by atoms with Crippen LogP contribution in [-0.2, 0) is 0 Å². The van der Waals surface area contributed by atoms with Gasteiger partial charge in [0.05, 0.1) is 17.3 Å². The molecule has 0 radical (unpaired) electrons. The zero-order chi connectivity index (χ0) is 24.5. The van der Waals surface area contributed by atoms with Gasteiger partial charge in [-0.3, -0.25) is 9.48 Å². The van der Waals surface area contributed by atoms with Crippen molar-refractivity contribution in [3.63, 3.8) is 0 Å². The van der Waals surface area contributed by atoms with E-state index in [1.807, 2.05) is 43.3 Å². The van der Waals surface area contributed by atoms with E-state index in [2.05, 4.69) is 27.2 Å². The van der Waals surface area contributed by atoms with Gasteiger partial charge in [0.15, 0.2) is 0 Å². The third-order valence-electron chi connectivity index (χ3n) is 6.74. The van der Waals surface area contributed by atoms with Crippen LogP contribution in [0.5, 0.6) is 0 Å². The van der Waals surface area contributed by atoms with Crippen molar-refractivity contribution in [3.05, 3.63) is 76.2 Å². The Bertz CT molecular complexity index is 1330. The van der Waals surface area contributed by atoms with Gasteiger partial charge in [0.2, 0.25) is 0 Å². The van der Waals surface area contributed by atoms with Gasteiger partial charge in [0.1, 0.15) is 11.5 Å². The number of aryl methyl sites for hydroxylation is 1. The molecular weight excluding hydrogens is 466 g/mol. The molecule has 2 N–H and O–H groups in total. The van der Waals surface area contributed by atoms with E-state index in [-0.39, 0.29) is 28.8 Å². The number of hydrogen-bond donors (Lipinski definition) is 2. The van der Waals surface area contributed by atoms with E-state index in [9.17, 15) is 14.7 Å². The number of nitrogens with one attached hydrogen (secondary N) is 1. The normalized spacial score (nSPS) is 20.7. The van der Waals surface area contributed by atoms with Gasteiger partial charge in [-0.25, -0.2) is 9.78 Å². The van der Waals surface area contributed by atoms with Crippen LogP contribution in [0.3, 0.4) is 0 Å². The van der Waals surface area contributed by atoms with E-state index in [4.69, 9.17) is 11.6 Å². The Morgan fingerprint density at radius 3 is 2.43 bits per heavy atom. The highest BCUT2D eigenvalue weighted by Crippen LogP contribution is 2.44. The number of benzene rings is 1. The minimum atomic E-state index is -0.877. The number of anilines is 1. The first-order valence-corrected chi connectivity index (χ1v) is 11.8. The maximum absolute atomic E-state index is 13.2. The molecule has 1 aliphatic heterocycles. The molecule has 2 amide bonds. The molecule has 0 spiro atoms. The topological polar surface area (TPSA) is 100 Å². The van der Waals surface area contributed by atoms with Crippen LogP contribution >= 0.6 is 11.6 Å². The Morgan fingerprint density at radius 2 is 1.77 bits per heavy atom. The average molecular weight is 490 g/mol. The first-order valence-electron chi connectivity index (χ1n) is 11.4. The van der Waals surface area contributed by atoms with Crippen molar-refractivity contribution in [2.24, 2.45) is 11.8 Å². The number of hydrogen-bond acceptors (Lipinski definition) is 4. The number of fused-ring (bicyclic) bond motifs is 1. The van der Waals surface area contributed by atoms with Crippen LogP contribution < -0.4 is 5.32 Å². The van der Waals surface area contributed by atoms with Gasteiger partial charge in [-0.15, -0.1) is 0 Å². The van der Waals surface area contributed by atoms with Crippen LogP contribution in [0.25, 0.3) is 0 Å². The molecule has 1 aromatic carbocycles. The predicted molar refractivity (Wildman–Crippen MR) is 131 cm³/mol. The van der Waals surface area contributed by atoms with Crippen molar-refractivity contribution >= 4 is 29.4 Å². The maximum atomic E-state index is 13.2. The highest BCUT2D eigenvalue weighted by atomic mass is 35.5. The lowest BCUT2D eigenvalue weighted by Gasteiger charge is -2.18. The quantitative estimate of drug-likeness (QED) is 0.529. The second kappa shape index (κ2) is 9.43. The molecule has 0 unspecified atom stereocenters. The monoisotopic (exact) mass is 489 g/mol. The molecule has 0 bridgehead atoms. The van der Waals surface area contributed by atoms with Crippen molar-refractivity contribution < 1.29 is 14.7 Å². The molecule has 2 aliphatic rings. The Kier molecular flexibility index (Phi) is 6.18. The molecular formula is C26H24ClN5O3. The highest BCUT2D eigenvalue weighted by Gasteiger charge is 2.44. The summed E-state index contributed by atoms with van der Waals surface area (Å²) >= 11 is 6.37. The zero-order valence-corrected chi connectivity index (χ0v) is 19.9. The van der Waals surface area contributed by atoms with Crippen LogP contribution in [0.1, 0.15) is 46.1 Å². The number of carbonyl (C=O) groups excluding carboxylic acids is 1. The second-order valence-corrected chi connectivity index (χ2v) is 9.49. The maximum Gasteiger partial charge on any atom is 0.407 e. The van der Waals surface area contributed by atoms with E-state index in [0.29, 0.717) is 24.6 Å². The average Bonchev–Trinajstić information content (AvgIpc) is 3.53. The fourth-order valence-corrected chi connectivity index (χ4v) is 5.28. The molecule has 1 saturated heterocycles. The van der Waals surface area contributed by atoms with E-state index >= 15 is 0 Å². The van der Waals surface area contributed by atoms with E-state index < -0.39 is 6.09 Å². The summed E-state index contributed by atoms with van der Waals surface area (Å²) in [6.45, 7) is 2.91. The van der Waals surface area contributed by atoms with Crippen LogP contribution in [0.15, 0.2) is 48.8 Å². The molecule has 35 heavy (non-hydrogen) atoms. The van der Waals surface area contributed by atoms with Crippen molar-refractivity contribution in [3.8, 4) is 11.8 Å². The third kappa shape index (κ3) is 4.73. The smallest absolute Gasteiger partial charge is 0.407 e. The van der Waals surface area contributed by atoms with Gasteiger partial charge in [-0.05, 0) is 55.4 Å². The van der Waals surface area contributed by atoms with Crippen molar-refractivity contribution in [1.82, 2.24) is 19.7 Å². The first kappa shape index (κ1) is 22.9. The summed E-state index contributed by atoms with van der Waals surface area (Å²) in [5, 5.41) is 16.8. The molecule has 5 rings (SSSR count). The van der Waals surface area contributed by atoms with Gasteiger partial charge < -0.3 is 15.3 Å². The number of likely N-dealkylation sites (tertiary alicyclic amines) is 1. The summed E-state index contributed by atoms with van der Waals surface area (Å²) in [6, 6.07) is 11.6. The van der Waals surface area contributed by atoms with E-state index in [1.165, 1.54) is 11.1 Å². The van der Waals surface area contributed by atoms with Crippen LogP contribution in [-0.4, -0.2) is 49.9 Å². The summed E-state index contributed by atoms with van der Waals surface area (Å²) in [7, 11) is 0. The summed E-state index contributed by atoms with van der Waals surface area (Å²) in [4.78, 5) is 30.3. The van der Waals surface area contributed by atoms with Gasteiger partial charge in [-0.2, -0.15) is 5.10 Å². The predicted octanol–water partition coefficient (Wildman–Crippen LogP) is 4.45. The zero-order valence-electron chi connectivity index (χ0n) is 19.1. The SMILES string of the molecule is Cc1cc(C#Cc2ccccc2)cnc1NC(=O)c1c(Cl)cnn1[C@H]1C[C@@H]2CN(C(=O)O)C[C@@H]2C1. The molecule has 1 aliphatic carbocycles. The fraction of sp³-hybridized carbons (Fsp3) is 0.308. The van der Waals surface area contributed by atoms with Crippen molar-refractivity contribution in [2.75, 3.05) is 18.4 Å². The number of aromatic nitrogens is 3. The minimum absolute atomic E-state index is 0.00103. The Labute approximate surface area is 207 Å². The number of pyridine rings is 1. The number of rotatable bonds is 3. The van der Waals surface area contributed by atoms with Crippen molar-refractivity contribution in [2.45, 2.75) is 25.8 Å². The lowest BCUT2D eigenvalue weighted by atomic mass is 10.0. The largest absolute Gasteiger partial charge is 0.465 e. The Morgan fingerprint density at radius 1 is 1.09 bits per heavy atom. The fourth-order valence-electron chi connectivity index (χ4n) is 5.06. The molecule has 8 nitrogen and oxygen atoms in total. The Hall–Kier alpha value is -3.83. The van der Waals surface area contributed by atoms with Crippen LogP contribution in [0.4, 0.5) is 10.6 Å². The first-order chi connectivity index (χ1) is 16.9. The van der Waals surface area contributed by atoms with Gasteiger partial charge in [-0.1, -0.05) is 41.6 Å².